The molecule has 0 spiro atoms. The van der Waals surface area contributed by atoms with E-state index >= 15 is 0 Å². The Balaban J connectivity index is 0.00000583. The molecule has 0 aliphatic carbocycles. The van der Waals surface area contributed by atoms with E-state index in [1.807, 2.05) is 6.07 Å². The summed E-state index contributed by atoms with van der Waals surface area (Å²) < 4.78 is 34.9. The molecule has 262 valence electrons. The summed E-state index contributed by atoms with van der Waals surface area (Å²) in [7, 11) is -4.51. The summed E-state index contributed by atoms with van der Waals surface area (Å²) in [6, 6.07) is 39.7. The average Bonchev–Trinajstić information content (AvgIpc) is 3.11. The van der Waals surface area contributed by atoms with E-state index in [-0.39, 0.29) is 40.4 Å². The summed E-state index contributed by atoms with van der Waals surface area (Å²) in [5.41, 5.74) is 11.8. The van der Waals surface area contributed by atoms with E-state index in [1.165, 1.54) is 56.9 Å². The molecule has 0 aliphatic heterocycles. The topological polar surface area (TPSA) is 66.9 Å². The van der Waals surface area contributed by atoms with Crippen molar-refractivity contribution in [3.05, 3.63) is 154 Å². The van der Waals surface area contributed by atoms with E-state index in [2.05, 4.69) is 147 Å². The Morgan fingerprint density at radius 1 is 0.569 bits per heavy atom. The van der Waals surface area contributed by atoms with Crippen LogP contribution < -0.4 is 44.3 Å². The van der Waals surface area contributed by atoms with Crippen molar-refractivity contribution >= 4 is 27.2 Å². The summed E-state index contributed by atoms with van der Waals surface area (Å²) in [4.78, 5) is 6.77. The minimum absolute atomic E-state index is 0. The Labute approximate surface area is 328 Å². The molecule has 5 aromatic carbocycles. The molecule has 1 atom stereocenters. The quantitative estimate of drug-likeness (QED) is 0.0723. The molecular weight excluding hydrogens is 662 g/mol. The van der Waals surface area contributed by atoms with Crippen molar-refractivity contribution < 1.29 is 42.5 Å². The minimum atomic E-state index is -4.51. The van der Waals surface area contributed by atoms with Crippen molar-refractivity contribution in [1.29, 1.82) is 0 Å². The molecule has 8 heteroatoms. The molecule has 0 aliphatic rings. The Hall–Kier alpha value is -3.59. The molecule has 0 saturated heterocycles. The fourth-order valence-electron chi connectivity index (χ4n) is 6.90. The first kappa shape index (κ1) is 40.2. The molecule has 0 heterocycles. The fraction of sp³-hybridized carbons (Fsp3) is 0.302. The maximum atomic E-state index is 11.6. The van der Waals surface area contributed by atoms with Crippen LogP contribution in [0.4, 0.5) is 17.1 Å². The molecule has 51 heavy (non-hydrogen) atoms. The second-order valence-electron chi connectivity index (χ2n) is 12.9. The molecule has 1 unspecified atom stereocenters. The molecule has 0 N–H and O–H groups in total. The van der Waals surface area contributed by atoms with Crippen LogP contribution in [0.2, 0.25) is 0 Å². The monoisotopic (exact) mass is 711 g/mol. The van der Waals surface area contributed by atoms with E-state index < -0.39 is 10.1 Å². The van der Waals surface area contributed by atoms with E-state index in [4.69, 9.17) is 0 Å². The number of rotatable bonds is 15. The van der Waals surface area contributed by atoms with Crippen LogP contribution >= 0.6 is 0 Å². The summed E-state index contributed by atoms with van der Waals surface area (Å²) in [6.07, 6.45) is 0. The molecule has 0 saturated carbocycles. The number of anilines is 3. The van der Waals surface area contributed by atoms with Crippen molar-refractivity contribution in [2.75, 3.05) is 40.9 Å². The van der Waals surface area contributed by atoms with Crippen molar-refractivity contribution in [2.24, 2.45) is 0 Å². The SMILES string of the molecule is CCN(CC)c1ccc(C(c2ccc(N(CC)Cc3cccc(C)c3)cc2)c2ccc(N(CC)Cc3cccc(S(=O)(=O)[O-])c3)cc2)c(C)c1.[Na+]. The van der Waals surface area contributed by atoms with Crippen LogP contribution in [0.25, 0.3) is 0 Å². The maximum absolute atomic E-state index is 11.6. The van der Waals surface area contributed by atoms with Gasteiger partial charge in [0.05, 0.1) is 4.90 Å². The fourth-order valence-corrected chi connectivity index (χ4v) is 7.44. The Bertz CT molecular complexity index is 1980. The molecule has 0 bridgehead atoms. The first-order valence-electron chi connectivity index (χ1n) is 17.7. The van der Waals surface area contributed by atoms with Crippen molar-refractivity contribution in [3.8, 4) is 0 Å². The summed E-state index contributed by atoms with van der Waals surface area (Å²) in [5.74, 6) is 0.0321. The average molecular weight is 712 g/mol. The molecule has 0 radical (unpaired) electrons. The van der Waals surface area contributed by atoms with Crippen LogP contribution in [0.3, 0.4) is 0 Å². The predicted octanol–water partition coefficient (Wildman–Crippen LogP) is 6.29. The number of hydrogen-bond acceptors (Lipinski definition) is 6. The smallest absolute Gasteiger partial charge is 0.744 e. The van der Waals surface area contributed by atoms with Gasteiger partial charge in [0.2, 0.25) is 0 Å². The normalized spacial score (nSPS) is 11.8. The van der Waals surface area contributed by atoms with Crippen LogP contribution in [0.5, 0.6) is 0 Å². The predicted molar refractivity (Wildman–Crippen MR) is 208 cm³/mol. The maximum Gasteiger partial charge on any atom is 1.00 e. The number of nitrogens with zero attached hydrogens (tertiary/aromatic N) is 3. The van der Waals surface area contributed by atoms with Crippen LogP contribution in [0, 0.1) is 13.8 Å². The molecule has 0 amide bonds. The minimum Gasteiger partial charge on any atom is -0.744 e. The van der Waals surface area contributed by atoms with Gasteiger partial charge >= 0.3 is 29.6 Å². The Kier molecular flexibility index (Phi) is 14.4. The Morgan fingerprint density at radius 2 is 1.04 bits per heavy atom. The van der Waals surface area contributed by atoms with Gasteiger partial charge in [0.25, 0.3) is 0 Å². The van der Waals surface area contributed by atoms with Crippen LogP contribution in [0.15, 0.2) is 120 Å². The van der Waals surface area contributed by atoms with Gasteiger partial charge in [-0.1, -0.05) is 72.3 Å². The molecule has 5 rings (SSSR count). The van der Waals surface area contributed by atoms with Gasteiger partial charge in [-0.3, -0.25) is 0 Å². The van der Waals surface area contributed by atoms with Crippen molar-refractivity contribution in [1.82, 2.24) is 0 Å². The largest absolute Gasteiger partial charge is 1.00 e. The number of aryl methyl sites for hydroxylation is 2. The van der Waals surface area contributed by atoms with E-state index in [1.54, 1.807) is 6.07 Å². The second kappa shape index (κ2) is 18.3. The molecular formula is C43H50N3NaO3S. The second-order valence-corrected chi connectivity index (χ2v) is 14.3. The standard InChI is InChI=1S/C43H51N3O3S.Na/c1-7-44(8-2)40-25-26-42(33(6)28-40)43(36-17-21-38(22-18-36)45(9-3)30-34-14-11-13-32(5)27-34)37-19-23-39(24-20-37)46(10-4)31-35-15-12-16-41(29-35)50(47,48)49;/h11-29,43H,7-10,30-31H2,1-6H3,(H,47,48,49);/q;+1/p-1. The molecule has 6 nitrogen and oxygen atoms in total. The first-order chi connectivity index (χ1) is 24.0. The number of hydrogen-bond donors (Lipinski definition) is 0. The summed E-state index contributed by atoms with van der Waals surface area (Å²) in [5, 5.41) is 0. The van der Waals surface area contributed by atoms with Crippen LogP contribution in [-0.4, -0.2) is 39.1 Å². The third-order valence-corrected chi connectivity index (χ3v) is 10.5. The van der Waals surface area contributed by atoms with Crippen LogP contribution in [0.1, 0.15) is 72.6 Å². The zero-order valence-corrected chi connectivity index (χ0v) is 34.1. The summed E-state index contributed by atoms with van der Waals surface area (Å²) in [6.45, 7) is 17.9. The van der Waals surface area contributed by atoms with E-state index in [0.717, 1.165) is 44.0 Å². The molecule has 5 aromatic rings. The van der Waals surface area contributed by atoms with Gasteiger partial charge in [0.1, 0.15) is 10.1 Å². The van der Waals surface area contributed by atoms with Gasteiger partial charge in [0.15, 0.2) is 0 Å². The zero-order valence-electron chi connectivity index (χ0n) is 31.3. The molecule has 0 aromatic heterocycles. The van der Waals surface area contributed by atoms with Crippen molar-refractivity contribution in [2.45, 2.75) is 65.4 Å². The van der Waals surface area contributed by atoms with Gasteiger partial charge in [-0.15, -0.1) is 0 Å². The summed E-state index contributed by atoms with van der Waals surface area (Å²) >= 11 is 0. The number of benzene rings is 5. The Morgan fingerprint density at radius 3 is 1.49 bits per heavy atom. The van der Waals surface area contributed by atoms with Crippen molar-refractivity contribution in [3.63, 3.8) is 0 Å². The van der Waals surface area contributed by atoms with Gasteiger partial charge < -0.3 is 19.3 Å². The van der Waals surface area contributed by atoms with Gasteiger partial charge in [-0.25, -0.2) is 8.42 Å². The van der Waals surface area contributed by atoms with E-state index in [0.29, 0.717) is 6.54 Å². The van der Waals surface area contributed by atoms with Gasteiger partial charge in [-0.05, 0) is 123 Å². The third kappa shape index (κ3) is 10.1. The van der Waals surface area contributed by atoms with Gasteiger partial charge in [-0.2, -0.15) is 0 Å². The van der Waals surface area contributed by atoms with E-state index in [9.17, 15) is 13.0 Å². The molecule has 0 fully saturated rings. The van der Waals surface area contributed by atoms with Crippen LogP contribution in [-0.2, 0) is 23.2 Å². The first-order valence-corrected chi connectivity index (χ1v) is 19.1. The van der Waals surface area contributed by atoms with Gasteiger partial charge in [0, 0.05) is 62.2 Å². The zero-order chi connectivity index (χ0) is 35.8. The third-order valence-electron chi connectivity index (χ3n) is 9.66.